The topological polar surface area (TPSA) is 33.7 Å². The van der Waals surface area contributed by atoms with Gasteiger partial charge in [-0.3, -0.25) is 0 Å². The maximum Gasteiger partial charge on any atom is 0.142 e. The highest BCUT2D eigenvalue weighted by Gasteiger charge is 2.14. The molecule has 1 heterocycles. The van der Waals surface area contributed by atoms with Crippen molar-refractivity contribution >= 4 is 5.69 Å². The minimum atomic E-state index is 0.764. The lowest BCUT2D eigenvalue weighted by Crippen LogP contribution is -2.33. The van der Waals surface area contributed by atoms with E-state index in [4.69, 9.17) is 9.47 Å². The minimum Gasteiger partial charge on any atom is -0.491 e. The fourth-order valence-corrected chi connectivity index (χ4v) is 2.14. The fourth-order valence-electron chi connectivity index (χ4n) is 2.14. The molecule has 0 aliphatic carbocycles. The number of ether oxygens (including phenoxy) is 2. The molecule has 100 valence electrons. The smallest absolute Gasteiger partial charge is 0.142 e. The molecule has 0 aromatic heterocycles. The van der Waals surface area contributed by atoms with Gasteiger partial charge in [-0.15, -0.1) is 0 Å². The molecule has 0 bridgehead atoms. The first-order chi connectivity index (χ1) is 8.92. The van der Waals surface area contributed by atoms with E-state index in [0.717, 1.165) is 51.6 Å². The van der Waals surface area contributed by atoms with Crippen LogP contribution in [-0.4, -0.2) is 46.5 Å². The Kier molecular flexibility index (Phi) is 5.30. The van der Waals surface area contributed by atoms with Crippen LogP contribution in [0.2, 0.25) is 0 Å². The summed E-state index contributed by atoms with van der Waals surface area (Å²) in [6.45, 7) is 5.51. The summed E-state index contributed by atoms with van der Waals surface area (Å²) >= 11 is 0. The van der Waals surface area contributed by atoms with Crippen LogP contribution in [0, 0.1) is 0 Å². The Balaban J connectivity index is 1.88. The van der Waals surface area contributed by atoms with Gasteiger partial charge in [0.25, 0.3) is 0 Å². The van der Waals surface area contributed by atoms with Crippen molar-refractivity contribution in [1.29, 1.82) is 0 Å². The van der Waals surface area contributed by atoms with Crippen LogP contribution in [-0.2, 0) is 4.74 Å². The number of hydrogen-bond acceptors (Lipinski definition) is 4. The number of nitrogens with one attached hydrogen (secondary N) is 1. The van der Waals surface area contributed by atoms with Crippen LogP contribution >= 0.6 is 0 Å². The summed E-state index contributed by atoms with van der Waals surface area (Å²) in [4.78, 5) is 2.39. The highest BCUT2D eigenvalue weighted by atomic mass is 16.5. The zero-order chi connectivity index (χ0) is 12.6. The first-order valence-electron chi connectivity index (χ1n) is 6.58. The van der Waals surface area contributed by atoms with Crippen LogP contribution < -0.4 is 15.0 Å². The average Bonchev–Trinajstić information content (AvgIpc) is 2.61. The van der Waals surface area contributed by atoms with E-state index in [1.165, 1.54) is 5.69 Å². The van der Waals surface area contributed by atoms with E-state index in [2.05, 4.69) is 22.3 Å². The van der Waals surface area contributed by atoms with Crippen LogP contribution in [0.5, 0.6) is 5.75 Å². The third-order valence-corrected chi connectivity index (χ3v) is 3.08. The van der Waals surface area contributed by atoms with Gasteiger partial charge in [0, 0.05) is 33.3 Å². The Bertz CT molecular complexity index is 357. The molecule has 0 radical (unpaired) electrons. The van der Waals surface area contributed by atoms with Gasteiger partial charge in [-0.05, 0) is 18.6 Å². The second-order valence-electron chi connectivity index (χ2n) is 4.40. The largest absolute Gasteiger partial charge is 0.491 e. The Hall–Kier alpha value is -1.26. The van der Waals surface area contributed by atoms with Gasteiger partial charge in [-0.2, -0.15) is 0 Å². The van der Waals surface area contributed by atoms with Crippen molar-refractivity contribution in [2.45, 2.75) is 6.42 Å². The number of benzene rings is 1. The Morgan fingerprint density at radius 2 is 2.22 bits per heavy atom. The van der Waals surface area contributed by atoms with E-state index in [9.17, 15) is 0 Å². The molecule has 0 saturated carbocycles. The summed E-state index contributed by atoms with van der Waals surface area (Å²) in [5.41, 5.74) is 1.21. The predicted octanol–water partition coefficient (Wildman–Crippen LogP) is 1.51. The van der Waals surface area contributed by atoms with Gasteiger partial charge >= 0.3 is 0 Å². The molecule has 2 rings (SSSR count). The highest BCUT2D eigenvalue weighted by Crippen LogP contribution is 2.29. The second-order valence-corrected chi connectivity index (χ2v) is 4.40. The van der Waals surface area contributed by atoms with Crippen LogP contribution in [0.1, 0.15) is 6.42 Å². The van der Waals surface area contributed by atoms with Gasteiger partial charge in [0.05, 0.1) is 18.9 Å². The van der Waals surface area contributed by atoms with Gasteiger partial charge in [0.1, 0.15) is 5.75 Å². The quantitative estimate of drug-likeness (QED) is 0.776. The lowest BCUT2D eigenvalue weighted by Gasteiger charge is -2.23. The summed E-state index contributed by atoms with van der Waals surface area (Å²) in [6.07, 6.45) is 1.08. The molecule has 0 atom stereocenters. The number of methoxy groups -OCH3 is 1. The second kappa shape index (κ2) is 7.24. The molecule has 0 fully saturated rings. The monoisotopic (exact) mass is 250 g/mol. The van der Waals surface area contributed by atoms with Crippen molar-refractivity contribution in [3.05, 3.63) is 24.3 Å². The molecule has 1 aromatic rings. The van der Waals surface area contributed by atoms with Crippen LogP contribution in [0.3, 0.4) is 0 Å². The zero-order valence-electron chi connectivity index (χ0n) is 11.0. The van der Waals surface area contributed by atoms with Crippen molar-refractivity contribution in [2.75, 3.05) is 51.4 Å². The predicted molar refractivity (Wildman–Crippen MR) is 73.5 cm³/mol. The van der Waals surface area contributed by atoms with Gasteiger partial charge in [0.15, 0.2) is 0 Å². The molecule has 0 unspecified atom stereocenters. The number of hydrogen-bond donors (Lipinski definition) is 1. The van der Waals surface area contributed by atoms with Gasteiger partial charge in [0.2, 0.25) is 0 Å². The highest BCUT2D eigenvalue weighted by molar-refractivity contribution is 5.58. The fraction of sp³-hybridized carbons (Fsp3) is 0.571. The lowest BCUT2D eigenvalue weighted by atomic mass is 10.2. The van der Waals surface area contributed by atoms with Crippen LogP contribution in [0.4, 0.5) is 5.69 Å². The van der Waals surface area contributed by atoms with Crippen LogP contribution in [0.15, 0.2) is 24.3 Å². The number of nitrogens with zero attached hydrogens (tertiary/aromatic N) is 1. The maximum atomic E-state index is 5.74. The molecular formula is C14H22N2O2. The van der Waals surface area contributed by atoms with E-state index in [0.29, 0.717) is 0 Å². The third kappa shape index (κ3) is 3.62. The maximum absolute atomic E-state index is 5.74. The molecule has 4 heteroatoms. The number of para-hydroxylation sites is 2. The summed E-state index contributed by atoms with van der Waals surface area (Å²) in [6, 6.07) is 8.28. The molecule has 0 spiro atoms. The molecule has 1 aliphatic rings. The van der Waals surface area contributed by atoms with Gasteiger partial charge in [-0.25, -0.2) is 0 Å². The zero-order valence-corrected chi connectivity index (χ0v) is 11.0. The van der Waals surface area contributed by atoms with E-state index in [-0.39, 0.29) is 0 Å². The molecule has 1 N–H and O–H groups in total. The Morgan fingerprint density at radius 3 is 3.11 bits per heavy atom. The summed E-state index contributed by atoms with van der Waals surface area (Å²) in [5, 5.41) is 3.38. The first-order valence-corrected chi connectivity index (χ1v) is 6.58. The van der Waals surface area contributed by atoms with Crippen molar-refractivity contribution in [2.24, 2.45) is 0 Å². The summed E-state index contributed by atoms with van der Waals surface area (Å²) < 4.78 is 10.8. The van der Waals surface area contributed by atoms with Crippen molar-refractivity contribution in [3.8, 4) is 5.75 Å². The van der Waals surface area contributed by atoms with Crippen molar-refractivity contribution < 1.29 is 9.47 Å². The van der Waals surface area contributed by atoms with E-state index in [1.54, 1.807) is 7.11 Å². The Morgan fingerprint density at radius 1 is 1.33 bits per heavy atom. The van der Waals surface area contributed by atoms with Gasteiger partial charge in [-0.1, -0.05) is 12.1 Å². The first kappa shape index (κ1) is 13.2. The lowest BCUT2D eigenvalue weighted by molar-refractivity contribution is 0.200. The summed E-state index contributed by atoms with van der Waals surface area (Å²) in [7, 11) is 1.73. The molecular weight excluding hydrogens is 228 g/mol. The number of anilines is 1. The molecule has 1 aromatic carbocycles. The minimum absolute atomic E-state index is 0.764. The van der Waals surface area contributed by atoms with E-state index >= 15 is 0 Å². The molecule has 0 saturated heterocycles. The normalized spacial score (nSPS) is 14.8. The molecule has 4 nitrogen and oxygen atoms in total. The van der Waals surface area contributed by atoms with E-state index < -0.39 is 0 Å². The number of rotatable bonds is 6. The summed E-state index contributed by atoms with van der Waals surface area (Å²) in [5.74, 6) is 1.01. The molecule has 0 amide bonds. The SMILES string of the molecule is COCCNCCN1CCCOc2ccccc21. The van der Waals surface area contributed by atoms with Gasteiger partial charge < -0.3 is 19.7 Å². The Labute approximate surface area is 109 Å². The van der Waals surface area contributed by atoms with Crippen molar-refractivity contribution in [1.82, 2.24) is 5.32 Å². The molecule has 1 aliphatic heterocycles. The molecule has 18 heavy (non-hydrogen) atoms. The average molecular weight is 250 g/mol. The third-order valence-electron chi connectivity index (χ3n) is 3.08. The van der Waals surface area contributed by atoms with Crippen molar-refractivity contribution in [3.63, 3.8) is 0 Å². The number of fused-ring (bicyclic) bond motifs is 1. The standard InChI is InChI=1S/C14H22N2O2/c1-17-12-8-15-7-10-16-9-4-11-18-14-6-3-2-5-13(14)16/h2-3,5-6,15H,4,7-12H2,1H3. The van der Waals surface area contributed by atoms with Crippen LogP contribution in [0.25, 0.3) is 0 Å². The van der Waals surface area contributed by atoms with E-state index in [1.807, 2.05) is 12.1 Å².